The van der Waals surface area contributed by atoms with Gasteiger partial charge in [0.05, 0.1) is 10.9 Å². The van der Waals surface area contributed by atoms with E-state index in [1.54, 1.807) is 13.1 Å². The summed E-state index contributed by atoms with van der Waals surface area (Å²) in [5.41, 5.74) is 0.0797. The van der Waals surface area contributed by atoms with E-state index in [1.165, 1.54) is 17.0 Å². The van der Waals surface area contributed by atoms with Gasteiger partial charge in [-0.25, -0.2) is 18.4 Å². The van der Waals surface area contributed by atoms with Gasteiger partial charge in [0.2, 0.25) is 15.0 Å². The molecule has 0 unspecified atom stereocenters. The molecule has 0 N–H and O–H groups in total. The molecule has 0 aromatic carbocycles. The quantitative estimate of drug-likeness (QED) is 0.640. The molecule has 0 amide bonds. The van der Waals surface area contributed by atoms with Gasteiger partial charge in [0.1, 0.15) is 0 Å². The third-order valence-corrected chi connectivity index (χ3v) is 2.99. The van der Waals surface area contributed by atoms with Crippen molar-refractivity contribution in [1.29, 1.82) is 0 Å². The lowest BCUT2D eigenvalue weighted by atomic mass is 10.3. The molecule has 84 valence electrons. The molecular weight excluding hydrogens is 230 g/mol. The van der Waals surface area contributed by atoms with Gasteiger partial charge < -0.3 is 4.57 Å². The number of rotatable bonds is 1. The van der Waals surface area contributed by atoms with Crippen LogP contribution in [0.25, 0.3) is 10.9 Å². The first kappa shape index (κ1) is 10.7. The molecule has 16 heavy (non-hydrogen) atoms. The van der Waals surface area contributed by atoms with Crippen molar-refractivity contribution in [3.8, 4) is 0 Å². The number of hydrogen-bond acceptors (Lipinski definition) is 5. The molecule has 2 rings (SSSR count). The highest BCUT2D eigenvalue weighted by atomic mass is 32.2. The first-order chi connectivity index (χ1) is 7.39. The number of aromatic nitrogens is 3. The van der Waals surface area contributed by atoms with Crippen LogP contribution in [-0.4, -0.2) is 29.2 Å². The van der Waals surface area contributed by atoms with Crippen LogP contribution in [0.3, 0.4) is 0 Å². The van der Waals surface area contributed by atoms with Gasteiger partial charge in [0, 0.05) is 25.7 Å². The molecule has 0 atom stereocenters. The number of hydrogen-bond donors (Lipinski definition) is 0. The maximum absolute atomic E-state index is 11.6. The highest BCUT2D eigenvalue weighted by Crippen LogP contribution is 2.08. The second kappa shape index (κ2) is 3.38. The zero-order chi connectivity index (χ0) is 11.9. The van der Waals surface area contributed by atoms with E-state index >= 15 is 0 Å². The van der Waals surface area contributed by atoms with Crippen LogP contribution in [0.15, 0.2) is 28.4 Å². The molecule has 0 radical (unpaired) electrons. The number of nitrogens with zero attached hydrogens (tertiary/aromatic N) is 3. The Hall–Kier alpha value is -1.76. The Balaban J connectivity index is 2.85. The number of aryl methyl sites for hydroxylation is 1. The van der Waals surface area contributed by atoms with E-state index in [4.69, 9.17) is 0 Å². The molecule has 0 aliphatic carbocycles. The summed E-state index contributed by atoms with van der Waals surface area (Å²) in [7, 11) is -1.84. The van der Waals surface area contributed by atoms with Gasteiger partial charge in [-0.2, -0.15) is 0 Å². The minimum absolute atomic E-state index is 0.252. The van der Waals surface area contributed by atoms with E-state index in [2.05, 4.69) is 9.97 Å². The number of sulfone groups is 1. The van der Waals surface area contributed by atoms with Crippen molar-refractivity contribution in [2.24, 2.45) is 7.05 Å². The fraction of sp³-hybridized carbons (Fsp3) is 0.222. The molecule has 0 bridgehead atoms. The molecule has 0 fully saturated rings. The summed E-state index contributed by atoms with van der Waals surface area (Å²) >= 11 is 0. The average molecular weight is 239 g/mol. The van der Waals surface area contributed by atoms with Crippen LogP contribution in [-0.2, 0) is 16.9 Å². The lowest BCUT2D eigenvalue weighted by Gasteiger charge is -2.01. The highest BCUT2D eigenvalue weighted by molar-refractivity contribution is 7.90. The Morgan fingerprint density at radius 1 is 1.38 bits per heavy atom. The van der Waals surface area contributed by atoms with Gasteiger partial charge >= 0.3 is 0 Å². The maximum Gasteiger partial charge on any atom is 0.261 e. The maximum atomic E-state index is 11.6. The normalized spacial score (nSPS) is 11.9. The summed E-state index contributed by atoms with van der Waals surface area (Å²) in [6.45, 7) is 0. The third kappa shape index (κ3) is 1.69. The Morgan fingerprint density at radius 3 is 2.69 bits per heavy atom. The summed E-state index contributed by atoms with van der Waals surface area (Å²) in [5, 5.41) is 0.0330. The molecule has 6 nitrogen and oxygen atoms in total. The number of fused-ring (bicyclic) bond motifs is 1. The molecular formula is C9H9N3O3S. The van der Waals surface area contributed by atoms with E-state index in [0.717, 1.165) is 6.26 Å². The third-order valence-electron chi connectivity index (χ3n) is 2.13. The van der Waals surface area contributed by atoms with Crippen molar-refractivity contribution in [2.45, 2.75) is 5.16 Å². The predicted molar refractivity (Wildman–Crippen MR) is 57.9 cm³/mol. The topological polar surface area (TPSA) is 81.9 Å². The highest BCUT2D eigenvalue weighted by Gasteiger charge is 2.12. The molecule has 2 aromatic heterocycles. The van der Waals surface area contributed by atoms with Crippen LogP contribution in [0, 0.1) is 0 Å². The van der Waals surface area contributed by atoms with Crippen molar-refractivity contribution in [3.05, 3.63) is 28.8 Å². The molecule has 2 heterocycles. The van der Waals surface area contributed by atoms with E-state index in [0.29, 0.717) is 10.9 Å². The van der Waals surface area contributed by atoms with Crippen LogP contribution in [0.4, 0.5) is 0 Å². The molecule has 0 saturated carbocycles. The Bertz CT molecular complexity index is 718. The van der Waals surface area contributed by atoms with Gasteiger partial charge in [-0.1, -0.05) is 0 Å². The van der Waals surface area contributed by atoms with Crippen LogP contribution < -0.4 is 5.56 Å². The average Bonchev–Trinajstić information content (AvgIpc) is 2.22. The van der Waals surface area contributed by atoms with Crippen LogP contribution >= 0.6 is 0 Å². The minimum Gasteiger partial charge on any atom is -0.318 e. The van der Waals surface area contributed by atoms with Crippen molar-refractivity contribution in [3.63, 3.8) is 0 Å². The predicted octanol–water partition coefficient (Wildman–Crippen LogP) is -0.268. The van der Waals surface area contributed by atoms with Crippen molar-refractivity contribution in [1.82, 2.24) is 14.5 Å². The molecule has 0 aliphatic heterocycles. The Kier molecular flexibility index (Phi) is 2.27. The van der Waals surface area contributed by atoms with Gasteiger partial charge in [-0.15, -0.1) is 0 Å². The van der Waals surface area contributed by atoms with Gasteiger partial charge in [0.25, 0.3) is 5.56 Å². The van der Waals surface area contributed by atoms with Crippen molar-refractivity contribution in [2.75, 3.05) is 6.26 Å². The van der Waals surface area contributed by atoms with Gasteiger partial charge in [0.15, 0.2) is 0 Å². The summed E-state index contributed by atoms with van der Waals surface area (Å²) in [4.78, 5) is 19.1. The summed E-state index contributed by atoms with van der Waals surface area (Å²) in [6, 6.07) is 1.58. The fourth-order valence-corrected chi connectivity index (χ4v) is 1.80. The molecule has 7 heteroatoms. The zero-order valence-corrected chi connectivity index (χ0v) is 9.52. The Morgan fingerprint density at radius 2 is 2.06 bits per heavy atom. The zero-order valence-electron chi connectivity index (χ0n) is 8.71. The van der Waals surface area contributed by atoms with E-state index < -0.39 is 9.84 Å². The van der Waals surface area contributed by atoms with Crippen LogP contribution in [0.5, 0.6) is 0 Å². The summed E-state index contributed by atoms with van der Waals surface area (Å²) in [6.07, 6.45) is 3.79. The fourth-order valence-electron chi connectivity index (χ4n) is 1.29. The lowest BCUT2D eigenvalue weighted by molar-refractivity contribution is 0.593. The second-order valence-corrected chi connectivity index (χ2v) is 5.36. The Labute approximate surface area is 91.5 Å². The van der Waals surface area contributed by atoms with Crippen molar-refractivity contribution >= 4 is 20.7 Å². The monoisotopic (exact) mass is 239 g/mol. The smallest absolute Gasteiger partial charge is 0.261 e. The van der Waals surface area contributed by atoms with Crippen LogP contribution in [0.1, 0.15) is 0 Å². The molecule has 0 saturated heterocycles. The van der Waals surface area contributed by atoms with E-state index in [9.17, 15) is 13.2 Å². The van der Waals surface area contributed by atoms with Crippen LogP contribution in [0.2, 0.25) is 0 Å². The van der Waals surface area contributed by atoms with Gasteiger partial charge in [-0.05, 0) is 6.07 Å². The summed E-state index contributed by atoms with van der Waals surface area (Å²) in [5.74, 6) is 0. The molecule has 0 spiro atoms. The SMILES string of the molecule is Cn1ccc2nc(S(C)(=O)=O)ncc2c1=O. The molecule has 2 aromatic rings. The van der Waals surface area contributed by atoms with Gasteiger partial charge in [-0.3, -0.25) is 4.79 Å². The number of pyridine rings is 1. The first-order valence-electron chi connectivity index (χ1n) is 4.42. The summed E-state index contributed by atoms with van der Waals surface area (Å²) < 4.78 is 23.8. The lowest BCUT2D eigenvalue weighted by Crippen LogP contribution is -2.17. The minimum atomic E-state index is -3.45. The van der Waals surface area contributed by atoms with E-state index in [-0.39, 0.29) is 10.7 Å². The largest absolute Gasteiger partial charge is 0.318 e. The standard InChI is InChI=1S/C9H9N3O3S/c1-12-4-3-7-6(8(12)13)5-10-9(11-7)16(2,14)15/h3-5H,1-2H3. The molecule has 0 aliphatic rings. The van der Waals surface area contributed by atoms with Crippen molar-refractivity contribution < 1.29 is 8.42 Å². The second-order valence-electron chi connectivity index (χ2n) is 3.46. The first-order valence-corrected chi connectivity index (χ1v) is 6.31. The van der Waals surface area contributed by atoms with E-state index in [1.807, 2.05) is 0 Å².